The normalized spacial score (nSPS) is 12.4. The summed E-state index contributed by atoms with van der Waals surface area (Å²) in [6.45, 7) is 1.95. The third-order valence-electron chi connectivity index (χ3n) is 2.76. The van der Waals surface area contributed by atoms with E-state index in [0.29, 0.717) is 12.0 Å². The summed E-state index contributed by atoms with van der Waals surface area (Å²) in [5, 5.41) is 0. The van der Waals surface area contributed by atoms with Crippen LogP contribution in [0.1, 0.15) is 22.9 Å². The van der Waals surface area contributed by atoms with Gasteiger partial charge in [0.25, 0.3) is 0 Å². The predicted molar refractivity (Wildman–Crippen MR) is 66.0 cm³/mol. The number of nitrogens with zero attached hydrogens (tertiary/aromatic N) is 1. The van der Waals surface area contributed by atoms with E-state index < -0.39 is 11.6 Å². The summed E-state index contributed by atoms with van der Waals surface area (Å²) in [5.41, 5.74) is 8.48. The van der Waals surface area contributed by atoms with Gasteiger partial charge in [-0.25, -0.2) is 8.78 Å². The number of benzene rings is 1. The van der Waals surface area contributed by atoms with Crippen molar-refractivity contribution in [3.05, 3.63) is 65.0 Å². The topological polar surface area (TPSA) is 38.9 Å². The largest absolute Gasteiger partial charge is 0.322 e. The minimum atomic E-state index is -0.850. The highest BCUT2D eigenvalue weighted by molar-refractivity contribution is 5.22. The third-order valence-corrected chi connectivity index (χ3v) is 2.76. The number of aromatic nitrogens is 1. The van der Waals surface area contributed by atoms with Gasteiger partial charge in [-0.2, -0.15) is 0 Å². The fraction of sp³-hybridized carbons (Fsp3) is 0.214. The first-order chi connectivity index (χ1) is 8.56. The molecule has 0 amide bonds. The van der Waals surface area contributed by atoms with Crippen LogP contribution in [0.15, 0.2) is 36.5 Å². The van der Waals surface area contributed by atoms with Crippen molar-refractivity contribution in [2.45, 2.75) is 19.4 Å². The molecule has 1 unspecified atom stereocenters. The monoisotopic (exact) mass is 248 g/mol. The molecule has 1 heterocycles. The molecular formula is C14H14F2N2. The molecule has 0 bridgehead atoms. The van der Waals surface area contributed by atoms with E-state index in [-0.39, 0.29) is 6.04 Å². The molecule has 0 spiro atoms. The van der Waals surface area contributed by atoms with E-state index in [9.17, 15) is 8.78 Å². The van der Waals surface area contributed by atoms with E-state index in [0.717, 1.165) is 17.3 Å². The second kappa shape index (κ2) is 5.23. The molecule has 1 atom stereocenters. The van der Waals surface area contributed by atoms with E-state index in [1.54, 1.807) is 6.20 Å². The zero-order chi connectivity index (χ0) is 13.1. The Hall–Kier alpha value is -1.81. The van der Waals surface area contributed by atoms with Crippen LogP contribution in [-0.4, -0.2) is 4.98 Å². The fourth-order valence-electron chi connectivity index (χ4n) is 1.79. The number of hydrogen-bond donors (Lipinski definition) is 1. The van der Waals surface area contributed by atoms with Gasteiger partial charge in [-0.05, 0) is 48.7 Å². The summed E-state index contributed by atoms with van der Waals surface area (Å²) in [5.74, 6) is -1.70. The zero-order valence-corrected chi connectivity index (χ0v) is 10.0. The SMILES string of the molecule is Cc1ccnc(C(N)Cc2ccc(F)c(F)c2)c1. The number of nitrogens with two attached hydrogens (primary N) is 1. The second-order valence-electron chi connectivity index (χ2n) is 4.32. The van der Waals surface area contributed by atoms with Gasteiger partial charge < -0.3 is 5.73 Å². The summed E-state index contributed by atoms with van der Waals surface area (Å²) >= 11 is 0. The number of rotatable bonds is 3. The first-order valence-electron chi connectivity index (χ1n) is 5.68. The lowest BCUT2D eigenvalue weighted by Gasteiger charge is -2.11. The molecule has 1 aromatic heterocycles. The van der Waals surface area contributed by atoms with Crippen molar-refractivity contribution >= 4 is 0 Å². The molecule has 0 fully saturated rings. The van der Waals surface area contributed by atoms with Crippen molar-refractivity contribution in [2.24, 2.45) is 5.73 Å². The van der Waals surface area contributed by atoms with Crippen molar-refractivity contribution < 1.29 is 8.78 Å². The molecule has 4 heteroatoms. The molecule has 2 nitrogen and oxygen atoms in total. The van der Waals surface area contributed by atoms with Crippen LogP contribution >= 0.6 is 0 Å². The van der Waals surface area contributed by atoms with Crippen molar-refractivity contribution in [3.8, 4) is 0 Å². The summed E-state index contributed by atoms with van der Waals surface area (Å²) in [7, 11) is 0. The van der Waals surface area contributed by atoms with Crippen molar-refractivity contribution in [1.29, 1.82) is 0 Å². The van der Waals surface area contributed by atoms with Crippen LogP contribution < -0.4 is 5.73 Å². The Bertz CT molecular complexity index is 555. The molecule has 18 heavy (non-hydrogen) atoms. The average molecular weight is 248 g/mol. The van der Waals surface area contributed by atoms with Gasteiger partial charge in [-0.3, -0.25) is 4.98 Å². The molecule has 0 aliphatic rings. The van der Waals surface area contributed by atoms with Crippen LogP contribution in [0.4, 0.5) is 8.78 Å². The van der Waals surface area contributed by atoms with Gasteiger partial charge in [0.05, 0.1) is 11.7 Å². The lowest BCUT2D eigenvalue weighted by atomic mass is 10.0. The molecular weight excluding hydrogens is 234 g/mol. The van der Waals surface area contributed by atoms with Crippen LogP contribution in [-0.2, 0) is 6.42 Å². The van der Waals surface area contributed by atoms with Crippen molar-refractivity contribution in [1.82, 2.24) is 4.98 Å². The van der Waals surface area contributed by atoms with Gasteiger partial charge in [-0.15, -0.1) is 0 Å². The molecule has 1 aromatic carbocycles. The summed E-state index contributed by atoms with van der Waals surface area (Å²) in [4.78, 5) is 4.18. The molecule has 2 N–H and O–H groups in total. The molecule has 0 aliphatic heterocycles. The van der Waals surface area contributed by atoms with Crippen molar-refractivity contribution in [2.75, 3.05) is 0 Å². The highest BCUT2D eigenvalue weighted by atomic mass is 19.2. The molecule has 0 aliphatic carbocycles. The predicted octanol–water partition coefficient (Wildman–Crippen LogP) is 2.91. The summed E-state index contributed by atoms with van der Waals surface area (Å²) in [6, 6.07) is 7.27. The van der Waals surface area contributed by atoms with Crippen LogP contribution in [0.2, 0.25) is 0 Å². The van der Waals surface area contributed by atoms with Crippen LogP contribution in [0.25, 0.3) is 0 Å². The maximum Gasteiger partial charge on any atom is 0.159 e. The lowest BCUT2D eigenvalue weighted by Crippen LogP contribution is -2.15. The Labute approximate surface area is 104 Å². The highest BCUT2D eigenvalue weighted by Gasteiger charge is 2.10. The van der Waals surface area contributed by atoms with Gasteiger partial charge in [0.2, 0.25) is 0 Å². The molecule has 0 saturated carbocycles. The Kier molecular flexibility index (Phi) is 3.67. The summed E-state index contributed by atoms with van der Waals surface area (Å²) < 4.78 is 25.9. The number of aryl methyl sites for hydroxylation is 1. The Morgan fingerprint density at radius 1 is 1.17 bits per heavy atom. The molecule has 2 rings (SSSR count). The van der Waals surface area contributed by atoms with Gasteiger partial charge in [0, 0.05) is 6.20 Å². The van der Waals surface area contributed by atoms with E-state index >= 15 is 0 Å². The minimum absolute atomic E-state index is 0.324. The van der Waals surface area contributed by atoms with E-state index in [4.69, 9.17) is 5.73 Å². The zero-order valence-electron chi connectivity index (χ0n) is 10.0. The standard InChI is InChI=1S/C14H14F2N2/c1-9-4-5-18-14(6-9)13(17)8-10-2-3-11(15)12(16)7-10/h2-7,13H,8,17H2,1H3. The number of hydrogen-bond acceptors (Lipinski definition) is 2. The first kappa shape index (κ1) is 12.6. The Morgan fingerprint density at radius 3 is 2.61 bits per heavy atom. The second-order valence-corrected chi connectivity index (χ2v) is 4.32. The molecule has 0 saturated heterocycles. The highest BCUT2D eigenvalue weighted by Crippen LogP contribution is 2.17. The molecule has 0 radical (unpaired) electrons. The smallest absolute Gasteiger partial charge is 0.159 e. The third kappa shape index (κ3) is 2.90. The first-order valence-corrected chi connectivity index (χ1v) is 5.68. The number of halogens is 2. The summed E-state index contributed by atoms with van der Waals surface area (Å²) in [6.07, 6.45) is 2.11. The molecule has 2 aromatic rings. The Morgan fingerprint density at radius 2 is 1.94 bits per heavy atom. The fourth-order valence-corrected chi connectivity index (χ4v) is 1.79. The number of pyridine rings is 1. The lowest BCUT2D eigenvalue weighted by molar-refractivity contribution is 0.506. The maximum absolute atomic E-state index is 13.1. The van der Waals surface area contributed by atoms with Crippen molar-refractivity contribution in [3.63, 3.8) is 0 Å². The van der Waals surface area contributed by atoms with Crippen LogP contribution in [0.3, 0.4) is 0 Å². The van der Waals surface area contributed by atoms with E-state index in [2.05, 4.69) is 4.98 Å². The quantitative estimate of drug-likeness (QED) is 0.907. The maximum atomic E-state index is 13.1. The van der Waals surface area contributed by atoms with Gasteiger partial charge in [-0.1, -0.05) is 6.07 Å². The average Bonchev–Trinajstić information content (AvgIpc) is 2.34. The minimum Gasteiger partial charge on any atom is -0.322 e. The Balaban J connectivity index is 2.16. The van der Waals surface area contributed by atoms with Gasteiger partial charge >= 0.3 is 0 Å². The van der Waals surface area contributed by atoms with Gasteiger partial charge in [0.15, 0.2) is 11.6 Å². The van der Waals surface area contributed by atoms with Crippen LogP contribution in [0.5, 0.6) is 0 Å². The van der Waals surface area contributed by atoms with E-state index in [1.165, 1.54) is 12.1 Å². The molecule has 94 valence electrons. The van der Waals surface area contributed by atoms with Gasteiger partial charge in [0.1, 0.15) is 0 Å². The van der Waals surface area contributed by atoms with Crippen LogP contribution in [0, 0.1) is 18.6 Å². The van der Waals surface area contributed by atoms with E-state index in [1.807, 2.05) is 19.1 Å².